The fraction of sp³-hybridized carbons (Fsp3) is 0.0889. The summed E-state index contributed by atoms with van der Waals surface area (Å²) in [5, 5.41) is 0. The third-order valence-corrected chi connectivity index (χ3v) is 10.8. The Labute approximate surface area is 373 Å². The molecule has 0 fully saturated rings. The largest absolute Gasteiger partial charge is 0.287 e. The fourth-order valence-electron chi connectivity index (χ4n) is 7.55. The molecular formula is C45H21BF20N2O. The predicted molar refractivity (Wildman–Crippen MR) is 204 cm³/mol. The van der Waals surface area contributed by atoms with Crippen molar-refractivity contribution in [1.82, 2.24) is 4.98 Å². The molecule has 0 unspecified atom stereocenters. The minimum atomic E-state index is -7.22. The van der Waals surface area contributed by atoms with Gasteiger partial charge in [0.1, 0.15) is 52.7 Å². The molecule has 0 aliphatic rings. The molecule has 1 aromatic heterocycles. The maximum atomic E-state index is 15.4. The summed E-state index contributed by atoms with van der Waals surface area (Å²) in [6, 6.07) is 17.8. The van der Waals surface area contributed by atoms with Crippen LogP contribution in [0, 0.1) is 116 Å². The van der Waals surface area contributed by atoms with Gasteiger partial charge in [-0.15, -0.1) is 21.9 Å². The van der Waals surface area contributed by atoms with Crippen LogP contribution < -0.4 is 26.4 Å². The van der Waals surface area contributed by atoms with E-state index in [1.54, 1.807) is 6.20 Å². The Balaban J connectivity index is 0.000000273. The number of aromatic nitrogens is 2. The Hall–Kier alpha value is -7.27. The summed E-state index contributed by atoms with van der Waals surface area (Å²) in [6.07, 6.45) is -1.84. The lowest BCUT2D eigenvalue weighted by atomic mass is 9.12. The minimum absolute atomic E-state index is 0.0897. The number of hydrogen-bond acceptors (Lipinski definition) is 2. The van der Waals surface area contributed by atoms with Gasteiger partial charge in [0.25, 0.3) is 0 Å². The highest BCUT2D eigenvalue weighted by Gasteiger charge is 2.52. The number of halogens is 20. The molecule has 0 aliphatic carbocycles. The number of carbonyl (C=O) groups excluding carboxylic acids is 1. The third-order valence-electron chi connectivity index (χ3n) is 10.8. The summed E-state index contributed by atoms with van der Waals surface area (Å²) in [4.78, 5) is 16.7. The average molecular weight is 996 g/mol. The maximum Gasteiger partial charge on any atom is 0.231 e. The Kier molecular flexibility index (Phi) is 14.4. The van der Waals surface area contributed by atoms with Gasteiger partial charge in [-0.25, -0.2) is 87.8 Å². The van der Waals surface area contributed by atoms with Crippen molar-refractivity contribution in [2.24, 2.45) is 0 Å². The number of nitrogens with zero attached hydrogens (tertiary/aromatic N) is 2. The molecule has 0 aliphatic heterocycles. The van der Waals surface area contributed by atoms with Crippen LogP contribution in [0.3, 0.4) is 0 Å². The zero-order valence-corrected chi connectivity index (χ0v) is 34.2. The summed E-state index contributed by atoms with van der Waals surface area (Å²) >= 11 is 0. The van der Waals surface area contributed by atoms with E-state index in [1.165, 1.54) is 5.56 Å². The highest BCUT2D eigenvalue weighted by atomic mass is 19.2. The first-order valence-corrected chi connectivity index (χ1v) is 19.1. The summed E-state index contributed by atoms with van der Waals surface area (Å²) in [7, 11) is 0. The normalized spacial score (nSPS) is 11.6. The number of Topliss-reactive ketones (excluding diaryl/α,β-unsaturated/α-hetero) is 1. The highest BCUT2D eigenvalue weighted by molar-refractivity contribution is 7.20. The van der Waals surface area contributed by atoms with Crippen LogP contribution in [0.15, 0.2) is 73.2 Å². The zero-order valence-electron chi connectivity index (χ0n) is 34.2. The molecule has 7 aromatic rings. The maximum absolute atomic E-state index is 15.4. The molecule has 69 heavy (non-hydrogen) atoms. The Morgan fingerprint density at radius 2 is 0.754 bits per heavy atom. The van der Waals surface area contributed by atoms with Crippen LogP contribution >= 0.6 is 0 Å². The minimum Gasteiger partial charge on any atom is -0.287 e. The molecule has 24 heteroatoms. The van der Waals surface area contributed by atoms with Crippen LogP contribution in [0.5, 0.6) is 0 Å². The van der Waals surface area contributed by atoms with Crippen LogP contribution in [0.25, 0.3) is 11.3 Å². The molecule has 0 saturated heterocycles. The summed E-state index contributed by atoms with van der Waals surface area (Å²) in [5.74, 6) is -70.8. The molecule has 0 radical (unpaired) electrons. The van der Waals surface area contributed by atoms with Gasteiger partial charge in [0, 0.05) is 11.1 Å². The standard InChI is InChI=1S/C24BF20.C21H21N2O/c26-5-1(6(27)14(35)21(42)13(5)34)25(2-7(28)15(36)22(43)16(37)8(2)29,3-9(30)17(38)23(44)18(39)10(3)31)4-11(32)19(40)24(45)20(41)12(4)33;1-16(2)17-8-10-18(11-9-17)20-14-22-12-13-23(20)15-21(24)19-6-4-3-5-7-19/h;3-14,16H,15H2,1-2H3/q-1;+1. The molecular weight excluding hydrogens is 975 g/mol. The molecule has 0 bridgehead atoms. The number of rotatable bonds is 9. The van der Waals surface area contributed by atoms with Crippen LogP contribution in [-0.4, -0.2) is 16.9 Å². The molecule has 3 nitrogen and oxygen atoms in total. The lowest BCUT2D eigenvalue weighted by molar-refractivity contribution is -0.672. The van der Waals surface area contributed by atoms with E-state index in [4.69, 9.17) is 0 Å². The lowest BCUT2D eigenvalue weighted by Gasteiger charge is -2.44. The lowest BCUT2D eigenvalue weighted by Crippen LogP contribution is -2.81. The summed E-state index contributed by atoms with van der Waals surface area (Å²) in [6.45, 7) is 4.66. The van der Waals surface area contributed by atoms with Crippen molar-refractivity contribution in [3.63, 3.8) is 0 Å². The van der Waals surface area contributed by atoms with Gasteiger partial charge in [-0.3, -0.25) is 9.78 Å². The first kappa shape index (κ1) is 51.1. The number of hydrogen-bond donors (Lipinski definition) is 0. The molecule has 0 saturated carbocycles. The monoisotopic (exact) mass is 996 g/mol. The van der Waals surface area contributed by atoms with Gasteiger partial charge in [-0.05, 0) is 23.6 Å². The predicted octanol–water partition coefficient (Wildman–Crippen LogP) is 9.89. The zero-order chi connectivity index (χ0) is 51.3. The van der Waals surface area contributed by atoms with Gasteiger partial charge >= 0.3 is 0 Å². The highest BCUT2D eigenvalue weighted by Crippen LogP contribution is 2.31. The molecule has 0 amide bonds. The second-order valence-electron chi connectivity index (χ2n) is 15.0. The van der Waals surface area contributed by atoms with E-state index in [1.807, 2.05) is 47.3 Å². The van der Waals surface area contributed by atoms with Crippen LogP contribution in [0.4, 0.5) is 87.8 Å². The Morgan fingerprint density at radius 1 is 0.449 bits per heavy atom. The van der Waals surface area contributed by atoms with Gasteiger partial charge in [-0.2, -0.15) is 4.57 Å². The Bertz CT molecular complexity index is 2810. The first-order chi connectivity index (χ1) is 32.3. The van der Waals surface area contributed by atoms with Crippen LogP contribution in [-0.2, 0) is 6.54 Å². The van der Waals surface area contributed by atoms with Gasteiger partial charge in [0.2, 0.25) is 18.0 Å². The molecule has 0 spiro atoms. The van der Waals surface area contributed by atoms with E-state index in [0.29, 0.717) is 12.5 Å². The van der Waals surface area contributed by atoms with Crippen LogP contribution in [0.2, 0.25) is 0 Å². The van der Waals surface area contributed by atoms with E-state index in [9.17, 15) is 57.5 Å². The van der Waals surface area contributed by atoms with Crippen molar-refractivity contribution in [2.75, 3.05) is 0 Å². The number of benzene rings is 6. The molecule has 1 heterocycles. The van der Waals surface area contributed by atoms with Gasteiger partial charge in [-0.1, -0.05) is 56.3 Å². The second-order valence-corrected chi connectivity index (χ2v) is 15.0. The number of ketones is 1. The molecule has 7 rings (SSSR count). The van der Waals surface area contributed by atoms with Crippen molar-refractivity contribution < 1.29 is 97.2 Å². The fourth-order valence-corrected chi connectivity index (χ4v) is 7.55. The van der Waals surface area contributed by atoms with E-state index in [0.717, 1.165) is 16.8 Å². The Morgan fingerprint density at radius 3 is 1.06 bits per heavy atom. The molecule has 0 N–H and O–H groups in total. The quantitative estimate of drug-likeness (QED) is 0.0361. The molecule has 6 aromatic carbocycles. The van der Waals surface area contributed by atoms with Crippen molar-refractivity contribution in [3.8, 4) is 11.3 Å². The van der Waals surface area contributed by atoms with E-state index in [2.05, 4.69) is 43.1 Å². The molecule has 360 valence electrons. The van der Waals surface area contributed by atoms with Crippen LogP contribution in [0.1, 0.15) is 35.7 Å². The van der Waals surface area contributed by atoms with E-state index < -0.39 is 144 Å². The summed E-state index contributed by atoms with van der Waals surface area (Å²) in [5.41, 5.74) is -10.3. The SMILES string of the molecule is CC(C)c1ccc(-c2cncc[n+]2CC(=O)c2ccccc2)cc1.Fc1c(F)c(F)c([B-](c2c(F)c(F)c(F)c(F)c2F)(c2c(F)c(F)c(F)c(F)c2F)c2c(F)c(F)c(F)c(F)c2F)c(F)c1F. The van der Waals surface area contributed by atoms with Crippen molar-refractivity contribution >= 4 is 33.8 Å². The topological polar surface area (TPSA) is 33.8 Å². The van der Waals surface area contributed by atoms with Crippen molar-refractivity contribution in [3.05, 3.63) is 201 Å². The second kappa shape index (κ2) is 19.4. The van der Waals surface area contributed by atoms with E-state index >= 15 is 35.1 Å². The number of carbonyl (C=O) groups is 1. The van der Waals surface area contributed by atoms with Crippen molar-refractivity contribution in [2.45, 2.75) is 26.3 Å². The third kappa shape index (κ3) is 8.42. The van der Waals surface area contributed by atoms with Crippen molar-refractivity contribution in [1.29, 1.82) is 0 Å². The smallest absolute Gasteiger partial charge is 0.231 e. The summed E-state index contributed by atoms with van der Waals surface area (Å²) < 4.78 is 296. The van der Waals surface area contributed by atoms with Gasteiger partial charge in [0.15, 0.2) is 76.0 Å². The van der Waals surface area contributed by atoms with Gasteiger partial charge < -0.3 is 0 Å². The van der Waals surface area contributed by atoms with E-state index in [-0.39, 0.29) is 5.78 Å². The average Bonchev–Trinajstić information content (AvgIpc) is 3.34. The van der Waals surface area contributed by atoms with Gasteiger partial charge in [0.05, 0.1) is 12.4 Å². The molecule has 0 atom stereocenters. The first-order valence-electron chi connectivity index (χ1n) is 19.1.